The molecule has 6 nitrogen and oxygen atoms in total. The predicted molar refractivity (Wildman–Crippen MR) is 61.0 cm³/mol. The largest absolute Gasteiger partial charge is 0.385 e. The average molecular weight is 234 g/mol. The van der Waals surface area contributed by atoms with Crippen molar-refractivity contribution in [2.75, 3.05) is 13.7 Å². The fraction of sp³-hybridized carbons (Fsp3) is 0.364. The van der Waals surface area contributed by atoms with Gasteiger partial charge in [0.05, 0.1) is 6.04 Å². The van der Waals surface area contributed by atoms with E-state index in [2.05, 4.69) is 15.1 Å². The van der Waals surface area contributed by atoms with Crippen molar-refractivity contribution >= 4 is 0 Å². The highest BCUT2D eigenvalue weighted by molar-refractivity contribution is 5.47. The number of hydrogen-bond acceptors (Lipinski definition) is 6. The molecule has 6 heteroatoms. The number of aromatic nitrogens is 3. The molecule has 0 radical (unpaired) electrons. The molecule has 90 valence electrons. The van der Waals surface area contributed by atoms with Crippen molar-refractivity contribution in [2.24, 2.45) is 5.73 Å². The second-order valence-electron chi connectivity index (χ2n) is 3.56. The maximum atomic E-state index is 5.88. The van der Waals surface area contributed by atoms with Crippen LogP contribution in [0.3, 0.4) is 0 Å². The van der Waals surface area contributed by atoms with Gasteiger partial charge >= 0.3 is 0 Å². The van der Waals surface area contributed by atoms with Crippen molar-refractivity contribution in [1.29, 1.82) is 0 Å². The molecule has 1 unspecified atom stereocenters. The first kappa shape index (κ1) is 11.7. The minimum Gasteiger partial charge on any atom is -0.385 e. The van der Waals surface area contributed by atoms with Gasteiger partial charge in [-0.15, -0.1) is 0 Å². The molecule has 0 aliphatic heterocycles. The molecule has 0 saturated carbocycles. The highest BCUT2D eigenvalue weighted by atomic mass is 16.5. The van der Waals surface area contributed by atoms with Crippen LogP contribution >= 0.6 is 0 Å². The quantitative estimate of drug-likeness (QED) is 0.835. The summed E-state index contributed by atoms with van der Waals surface area (Å²) in [7, 11) is 1.62. The van der Waals surface area contributed by atoms with Crippen LogP contribution in [0.1, 0.15) is 18.4 Å². The number of pyridine rings is 1. The van der Waals surface area contributed by atoms with E-state index in [4.69, 9.17) is 15.0 Å². The number of hydrogen-bond donors (Lipinski definition) is 1. The second-order valence-corrected chi connectivity index (χ2v) is 3.56. The molecule has 17 heavy (non-hydrogen) atoms. The van der Waals surface area contributed by atoms with Crippen molar-refractivity contribution in [3.05, 3.63) is 30.3 Å². The van der Waals surface area contributed by atoms with Gasteiger partial charge in [-0.05, 0) is 18.6 Å². The number of ether oxygens (including phenoxy) is 1. The van der Waals surface area contributed by atoms with Gasteiger partial charge in [0, 0.05) is 19.9 Å². The van der Waals surface area contributed by atoms with Crippen LogP contribution in [-0.2, 0) is 4.74 Å². The topological polar surface area (TPSA) is 87.1 Å². The van der Waals surface area contributed by atoms with Gasteiger partial charge in [-0.3, -0.25) is 4.98 Å². The van der Waals surface area contributed by atoms with Gasteiger partial charge in [0.15, 0.2) is 0 Å². The minimum absolute atomic E-state index is 0.306. The molecule has 0 fully saturated rings. The molecule has 0 spiro atoms. The van der Waals surface area contributed by atoms with E-state index in [1.807, 2.05) is 18.2 Å². The van der Waals surface area contributed by atoms with Gasteiger partial charge in [-0.25, -0.2) is 0 Å². The van der Waals surface area contributed by atoms with E-state index < -0.39 is 0 Å². The van der Waals surface area contributed by atoms with E-state index >= 15 is 0 Å². The monoisotopic (exact) mass is 234 g/mol. The lowest BCUT2D eigenvalue weighted by molar-refractivity contribution is 0.182. The fourth-order valence-electron chi connectivity index (χ4n) is 1.35. The minimum atomic E-state index is -0.306. The first-order valence-corrected chi connectivity index (χ1v) is 5.31. The molecule has 2 heterocycles. The Bertz CT molecular complexity index is 458. The number of methoxy groups -OCH3 is 1. The highest BCUT2D eigenvalue weighted by Crippen LogP contribution is 2.16. The summed E-state index contributed by atoms with van der Waals surface area (Å²) in [5, 5.41) is 3.85. The molecule has 0 bridgehead atoms. The van der Waals surface area contributed by atoms with Crippen LogP contribution in [0.5, 0.6) is 0 Å². The number of nitrogens with two attached hydrogens (primary N) is 1. The van der Waals surface area contributed by atoms with E-state index in [0.29, 0.717) is 30.4 Å². The third-order valence-electron chi connectivity index (χ3n) is 2.29. The Morgan fingerprint density at radius 1 is 1.47 bits per heavy atom. The van der Waals surface area contributed by atoms with Crippen molar-refractivity contribution < 1.29 is 9.26 Å². The summed E-state index contributed by atoms with van der Waals surface area (Å²) >= 11 is 0. The molecule has 0 saturated heterocycles. The Kier molecular flexibility index (Phi) is 3.79. The molecular formula is C11H14N4O2. The highest BCUT2D eigenvalue weighted by Gasteiger charge is 2.15. The standard InChI is InChI=1S/C11H14N4O2/c1-16-7-5-8(12)11-14-10(15-17-11)9-4-2-3-6-13-9/h2-4,6,8H,5,7,12H2,1H3. The first-order valence-electron chi connectivity index (χ1n) is 5.31. The number of rotatable bonds is 5. The Labute approximate surface area is 98.8 Å². The second kappa shape index (κ2) is 5.51. The molecule has 0 amide bonds. The van der Waals surface area contributed by atoms with Crippen LogP contribution in [0.4, 0.5) is 0 Å². The first-order chi connectivity index (χ1) is 8.31. The van der Waals surface area contributed by atoms with Crippen molar-refractivity contribution in [1.82, 2.24) is 15.1 Å². The van der Waals surface area contributed by atoms with Crippen LogP contribution in [0.2, 0.25) is 0 Å². The summed E-state index contributed by atoms with van der Waals surface area (Å²) in [4.78, 5) is 8.35. The molecule has 2 N–H and O–H groups in total. The van der Waals surface area contributed by atoms with Gasteiger partial charge in [0.2, 0.25) is 11.7 Å². The Balaban J connectivity index is 2.11. The molecule has 2 aromatic rings. The molecule has 1 atom stereocenters. The summed E-state index contributed by atoms with van der Waals surface area (Å²) in [5.74, 6) is 0.858. The van der Waals surface area contributed by atoms with Gasteiger partial charge in [0.25, 0.3) is 0 Å². The maximum Gasteiger partial charge on any atom is 0.244 e. The summed E-state index contributed by atoms with van der Waals surface area (Å²) in [6.45, 7) is 0.558. The normalized spacial score (nSPS) is 12.6. The summed E-state index contributed by atoms with van der Waals surface area (Å²) in [6, 6.07) is 5.20. The Morgan fingerprint density at radius 3 is 3.06 bits per heavy atom. The van der Waals surface area contributed by atoms with E-state index in [1.54, 1.807) is 13.3 Å². The molecular weight excluding hydrogens is 220 g/mol. The smallest absolute Gasteiger partial charge is 0.244 e. The number of nitrogens with zero attached hydrogens (tertiary/aromatic N) is 3. The average Bonchev–Trinajstić information content (AvgIpc) is 2.86. The van der Waals surface area contributed by atoms with Crippen LogP contribution in [0.25, 0.3) is 11.5 Å². The van der Waals surface area contributed by atoms with Crippen molar-refractivity contribution in [3.8, 4) is 11.5 Å². The van der Waals surface area contributed by atoms with Gasteiger partial charge in [-0.2, -0.15) is 4.98 Å². The molecule has 0 aromatic carbocycles. The van der Waals surface area contributed by atoms with Gasteiger partial charge in [-0.1, -0.05) is 11.2 Å². The van der Waals surface area contributed by atoms with E-state index in [-0.39, 0.29) is 6.04 Å². The van der Waals surface area contributed by atoms with E-state index in [9.17, 15) is 0 Å². The Hall–Kier alpha value is -1.79. The summed E-state index contributed by atoms with van der Waals surface area (Å²) < 4.78 is 10.0. The van der Waals surface area contributed by atoms with Crippen LogP contribution in [0.15, 0.2) is 28.9 Å². The molecule has 2 aromatic heterocycles. The van der Waals surface area contributed by atoms with Crippen molar-refractivity contribution in [3.63, 3.8) is 0 Å². The SMILES string of the molecule is COCCC(N)c1nc(-c2ccccn2)no1. The molecule has 0 aliphatic carbocycles. The zero-order chi connectivity index (χ0) is 12.1. The van der Waals surface area contributed by atoms with Crippen LogP contribution in [-0.4, -0.2) is 28.8 Å². The van der Waals surface area contributed by atoms with Gasteiger partial charge in [0.1, 0.15) is 5.69 Å². The lowest BCUT2D eigenvalue weighted by Gasteiger charge is -2.04. The summed E-state index contributed by atoms with van der Waals surface area (Å²) in [6.07, 6.45) is 2.32. The fourth-order valence-corrected chi connectivity index (χ4v) is 1.35. The van der Waals surface area contributed by atoms with Crippen LogP contribution < -0.4 is 5.73 Å². The van der Waals surface area contributed by atoms with E-state index in [1.165, 1.54) is 0 Å². The van der Waals surface area contributed by atoms with Crippen molar-refractivity contribution in [2.45, 2.75) is 12.5 Å². The Morgan fingerprint density at radius 2 is 2.35 bits per heavy atom. The zero-order valence-corrected chi connectivity index (χ0v) is 9.54. The summed E-state index contributed by atoms with van der Waals surface area (Å²) in [5.41, 5.74) is 6.54. The lowest BCUT2D eigenvalue weighted by Crippen LogP contribution is -2.13. The zero-order valence-electron chi connectivity index (χ0n) is 9.54. The van der Waals surface area contributed by atoms with Gasteiger partial charge < -0.3 is 15.0 Å². The van der Waals surface area contributed by atoms with Crippen LogP contribution in [0, 0.1) is 0 Å². The maximum absolute atomic E-state index is 5.88. The molecule has 0 aliphatic rings. The predicted octanol–water partition coefficient (Wildman–Crippen LogP) is 1.17. The van der Waals surface area contributed by atoms with E-state index in [0.717, 1.165) is 0 Å². The third kappa shape index (κ3) is 2.86. The lowest BCUT2D eigenvalue weighted by atomic mass is 10.2. The third-order valence-corrected chi connectivity index (χ3v) is 2.29. The molecule has 2 rings (SSSR count).